The van der Waals surface area contributed by atoms with Crippen molar-refractivity contribution in [3.8, 4) is 0 Å². The topological polar surface area (TPSA) is 27.7 Å². The molecule has 104 valence electrons. The molecule has 3 rings (SSSR count). The first-order valence-electron chi connectivity index (χ1n) is 7.63. The Morgan fingerprint density at radius 1 is 1.33 bits per heavy atom. The van der Waals surface area contributed by atoms with Gasteiger partial charge in [0.25, 0.3) is 0 Å². The van der Waals surface area contributed by atoms with Gasteiger partial charge in [-0.1, -0.05) is 0 Å². The van der Waals surface area contributed by atoms with Crippen LogP contribution in [-0.4, -0.2) is 73.9 Å². The summed E-state index contributed by atoms with van der Waals surface area (Å²) in [4.78, 5) is 5.38. The third-order valence-corrected chi connectivity index (χ3v) is 4.81. The Balaban J connectivity index is 1.46. The van der Waals surface area contributed by atoms with Crippen molar-refractivity contribution in [1.29, 1.82) is 0 Å². The maximum Gasteiger partial charge on any atom is 0.0712 e. The molecule has 0 saturated carbocycles. The van der Waals surface area contributed by atoms with Crippen molar-refractivity contribution in [2.24, 2.45) is 0 Å². The normalized spacial score (nSPS) is 38.8. The number of ether oxygens (including phenoxy) is 1. The van der Waals surface area contributed by atoms with Crippen LogP contribution in [0.5, 0.6) is 0 Å². The molecule has 3 fully saturated rings. The summed E-state index contributed by atoms with van der Waals surface area (Å²) in [6, 6.07) is 1.56. The number of nitrogens with one attached hydrogen (secondary N) is 1. The number of rotatable bonds is 3. The molecule has 0 radical (unpaired) electrons. The molecule has 18 heavy (non-hydrogen) atoms. The summed E-state index contributed by atoms with van der Waals surface area (Å²) in [6.07, 6.45) is 4.43. The molecule has 3 heterocycles. The zero-order valence-electron chi connectivity index (χ0n) is 11.6. The van der Waals surface area contributed by atoms with Crippen molar-refractivity contribution in [2.45, 2.75) is 44.4 Å². The van der Waals surface area contributed by atoms with Crippen LogP contribution >= 0.6 is 0 Å². The number of hydrogen-bond acceptors (Lipinski definition) is 4. The van der Waals surface area contributed by atoms with Crippen LogP contribution in [0.1, 0.15) is 26.2 Å². The number of nitrogens with zero attached hydrogens (tertiary/aromatic N) is 2. The zero-order chi connectivity index (χ0) is 12.4. The van der Waals surface area contributed by atoms with E-state index in [4.69, 9.17) is 4.74 Å². The molecule has 4 nitrogen and oxygen atoms in total. The molecule has 0 aromatic heterocycles. The number of morpholine rings is 1. The highest BCUT2D eigenvalue weighted by Crippen LogP contribution is 2.24. The summed E-state index contributed by atoms with van der Waals surface area (Å²) < 4.78 is 5.79. The average Bonchev–Trinajstić information content (AvgIpc) is 2.84. The Morgan fingerprint density at radius 2 is 2.28 bits per heavy atom. The predicted molar refractivity (Wildman–Crippen MR) is 72.9 cm³/mol. The van der Waals surface area contributed by atoms with E-state index in [-0.39, 0.29) is 0 Å². The van der Waals surface area contributed by atoms with Gasteiger partial charge in [0, 0.05) is 44.8 Å². The minimum absolute atomic E-state index is 0.438. The van der Waals surface area contributed by atoms with Gasteiger partial charge in [-0.3, -0.25) is 9.80 Å². The van der Waals surface area contributed by atoms with Gasteiger partial charge in [-0.2, -0.15) is 0 Å². The third-order valence-electron chi connectivity index (χ3n) is 4.81. The lowest BCUT2D eigenvalue weighted by Gasteiger charge is -2.42. The van der Waals surface area contributed by atoms with Gasteiger partial charge >= 0.3 is 0 Å². The van der Waals surface area contributed by atoms with E-state index in [2.05, 4.69) is 22.0 Å². The summed E-state index contributed by atoms with van der Waals surface area (Å²) in [5, 5.41) is 3.42. The van der Waals surface area contributed by atoms with Gasteiger partial charge in [-0.25, -0.2) is 0 Å². The average molecular weight is 253 g/mol. The van der Waals surface area contributed by atoms with E-state index >= 15 is 0 Å². The SMILES string of the molecule is CC1CN2CCCC2CN1CCC1CNCCO1. The van der Waals surface area contributed by atoms with Crippen LogP contribution in [0.2, 0.25) is 0 Å². The Labute approximate surface area is 111 Å². The van der Waals surface area contributed by atoms with Crippen molar-refractivity contribution in [3.05, 3.63) is 0 Å². The summed E-state index contributed by atoms with van der Waals surface area (Å²) in [7, 11) is 0. The molecule has 3 unspecified atom stereocenters. The summed E-state index contributed by atoms with van der Waals surface area (Å²) in [6.45, 7) is 10.4. The molecule has 0 aromatic carbocycles. The van der Waals surface area contributed by atoms with Crippen LogP contribution in [0.15, 0.2) is 0 Å². The van der Waals surface area contributed by atoms with Crippen molar-refractivity contribution < 1.29 is 4.74 Å². The highest BCUT2D eigenvalue weighted by molar-refractivity contribution is 4.90. The lowest BCUT2D eigenvalue weighted by Crippen LogP contribution is -2.55. The molecule has 3 aliphatic heterocycles. The molecule has 0 aromatic rings. The maximum atomic E-state index is 5.79. The Kier molecular flexibility index (Phi) is 4.19. The van der Waals surface area contributed by atoms with Crippen molar-refractivity contribution >= 4 is 0 Å². The summed E-state index contributed by atoms with van der Waals surface area (Å²) in [5.74, 6) is 0. The number of piperazine rings is 1. The smallest absolute Gasteiger partial charge is 0.0712 e. The lowest BCUT2D eigenvalue weighted by atomic mass is 10.1. The van der Waals surface area contributed by atoms with Crippen LogP contribution < -0.4 is 5.32 Å². The van der Waals surface area contributed by atoms with E-state index in [1.165, 1.54) is 45.4 Å². The Bertz CT molecular complexity index is 268. The van der Waals surface area contributed by atoms with E-state index < -0.39 is 0 Å². The largest absolute Gasteiger partial charge is 0.376 e. The van der Waals surface area contributed by atoms with Crippen LogP contribution in [0.4, 0.5) is 0 Å². The minimum Gasteiger partial charge on any atom is -0.376 e. The fourth-order valence-corrected chi connectivity index (χ4v) is 3.67. The van der Waals surface area contributed by atoms with E-state index in [9.17, 15) is 0 Å². The van der Waals surface area contributed by atoms with Gasteiger partial charge in [-0.15, -0.1) is 0 Å². The summed E-state index contributed by atoms with van der Waals surface area (Å²) in [5.41, 5.74) is 0. The highest BCUT2D eigenvalue weighted by atomic mass is 16.5. The van der Waals surface area contributed by atoms with Gasteiger partial charge in [0.15, 0.2) is 0 Å². The first-order valence-corrected chi connectivity index (χ1v) is 7.63. The molecule has 0 aliphatic carbocycles. The predicted octanol–water partition coefficient (Wildman–Crippen LogP) is 0.533. The van der Waals surface area contributed by atoms with Gasteiger partial charge in [-0.05, 0) is 32.7 Å². The second kappa shape index (κ2) is 5.87. The molecule has 3 atom stereocenters. The van der Waals surface area contributed by atoms with Gasteiger partial charge < -0.3 is 10.1 Å². The van der Waals surface area contributed by atoms with Crippen molar-refractivity contribution in [3.63, 3.8) is 0 Å². The molecule has 0 amide bonds. The van der Waals surface area contributed by atoms with Crippen molar-refractivity contribution in [1.82, 2.24) is 15.1 Å². The van der Waals surface area contributed by atoms with E-state index in [1.807, 2.05) is 0 Å². The molecule has 3 aliphatic rings. The minimum atomic E-state index is 0.438. The molecule has 0 spiro atoms. The van der Waals surface area contributed by atoms with E-state index in [0.717, 1.165) is 31.8 Å². The Morgan fingerprint density at radius 3 is 3.11 bits per heavy atom. The maximum absolute atomic E-state index is 5.79. The van der Waals surface area contributed by atoms with Crippen LogP contribution in [0, 0.1) is 0 Å². The standard InChI is InChI=1S/C14H27N3O/c1-12-10-17-6-2-3-13(17)11-16(12)7-4-14-9-15-5-8-18-14/h12-15H,2-11H2,1H3. The molecule has 0 bridgehead atoms. The molecular weight excluding hydrogens is 226 g/mol. The zero-order valence-corrected chi connectivity index (χ0v) is 11.6. The number of fused-ring (bicyclic) bond motifs is 1. The second-order valence-electron chi connectivity index (χ2n) is 6.12. The molecule has 3 saturated heterocycles. The van der Waals surface area contributed by atoms with Crippen LogP contribution in [0.3, 0.4) is 0 Å². The van der Waals surface area contributed by atoms with E-state index in [1.54, 1.807) is 0 Å². The fraction of sp³-hybridized carbons (Fsp3) is 1.00. The van der Waals surface area contributed by atoms with Crippen LogP contribution in [-0.2, 0) is 4.74 Å². The first-order chi connectivity index (χ1) is 8.83. The second-order valence-corrected chi connectivity index (χ2v) is 6.12. The van der Waals surface area contributed by atoms with Gasteiger partial charge in [0.05, 0.1) is 12.7 Å². The molecule has 1 N–H and O–H groups in total. The molecule has 4 heteroatoms. The fourth-order valence-electron chi connectivity index (χ4n) is 3.67. The number of hydrogen-bond donors (Lipinski definition) is 1. The van der Waals surface area contributed by atoms with Gasteiger partial charge in [0.1, 0.15) is 0 Å². The third kappa shape index (κ3) is 2.87. The van der Waals surface area contributed by atoms with Crippen molar-refractivity contribution in [2.75, 3.05) is 45.9 Å². The quantitative estimate of drug-likeness (QED) is 0.794. The highest BCUT2D eigenvalue weighted by Gasteiger charge is 2.34. The van der Waals surface area contributed by atoms with E-state index in [0.29, 0.717) is 6.10 Å². The Hall–Kier alpha value is -0.160. The summed E-state index contributed by atoms with van der Waals surface area (Å²) >= 11 is 0. The van der Waals surface area contributed by atoms with Crippen LogP contribution in [0.25, 0.3) is 0 Å². The lowest BCUT2D eigenvalue weighted by molar-refractivity contribution is 0.00282. The van der Waals surface area contributed by atoms with Gasteiger partial charge in [0.2, 0.25) is 0 Å². The molecular formula is C14H27N3O. The first kappa shape index (κ1) is 12.9. The monoisotopic (exact) mass is 253 g/mol.